The molecule has 10 heavy (non-hydrogen) atoms. The second kappa shape index (κ2) is 2.80. The van der Waals surface area contributed by atoms with Gasteiger partial charge < -0.3 is 0 Å². The maximum atomic E-state index is 12.7. The lowest BCUT2D eigenvalue weighted by molar-refractivity contribution is -0.0358. The molecule has 0 aromatic carbocycles. The molecule has 1 rings (SSSR count). The average Bonchev–Trinajstić information content (AvgIpc) is 2.13. The lowest BCUT2D eigenvalue weighted by Gasteiger charge is -2.17. The van der Waals surface area contributed by atoms with Crippen LogP contribution in [0.4, 0.5) is 8.78 Å². The molecule has 0 radical (unpaired) electrons. The zero-order valence-electron chi connectivity index (χ0n) is 5.74. The number of hydrogen-bond donors (Lipinski definition) is 2. The van der Waals surface area contributed by atoms with E-state index in [2.05, 4.69) is 5.43 Å². The third-order valence-corrected chi connectivity index (χ3v) is 2.02. The first kappa shape index (κ1) is 7.88. The highest BCUT2D eigenvalue weighted by molar-refractivity contribution is 4.84. The first-order valence-electron chi connectivity index (χ1n) is 3.48. The molecule has 1 atom stereocenters. The number of alkyl halides is 2. The van der Waals surface area contributed by atoms with Crippen molar-refractivity contribution in [2.75, 3.05) is 6.54 Å². The highest BCUT2D eigenvalue weighted by Gasteiger charge is 2.42. The highest BCUT2D eigenvalue weighted by Crippen LogP contribution is 2.39. The lowest BCUT2D eigenvalue weighted by atomic mass is 10.1. The van der Waals surface area contributed by atoms with Crippen LogP contribution >= 0.6 is 0 Å². The van der Waals surface area contributed by atoms with E-state index < -0.39 is 11.8 Å². The van der Waals surface area contributed by atoms with Crippen molar-refractivity contribution in [1.29, 1.82) is 0 Å². The van der Waals surface area contributed by atoms with Crippen LogP contribution in [-0.4, -0.2) is 12.5 Å². The van der Waals surface area contributed by atoms with Gasteiger partial charge >= 0.3 is 0 Å². The van der Waals surface area contributed by atoms with Crippen molar-refractivity contribution in [2.24, 2.45) is 11.8 Å². The Hall–Kier alpha value is -0.220. The number of rotatable bonds is 2. The molecule has 0 heterocycles. The third-order valence-electron chi connectivity index (χ3n) is 2.02. The van der Waals surface area contributed by atoms with Crippen LogP contribution in [-0.2, 0) is 0 Å². The summed E-state index contributed by atoms with van der Waals surface area (Å²) < 4.78 is 25.4. The maximum absolute atomic E-state index is 12.7. The van der Waals surface area contributed by atoms with Gasteiger partial charge in [-0.3, -0.25) is 11.3 Å². The number of nitrogens with two attached hydrogens (primary N) is 1. The van der Waals surface area contributed by atoms with E-state index in [1.54, 1.807) is 0 Å². The van der Waals surface area contributed by atoms with Crippen molar-refractivity contribution in [3.8, 4) is 0 Å². The zero-order chi connectivity index (χ0) is 7.61. The first-order valence-corrected chi connectivity index (χ1v) is 3.48. The third kappa shape index (κ3) is 1.44. The van der Waals surface area contributed by atoms with Gasteiger partial charge in [0.25, 0.3) is 5.92 Å². The molecule has 1 aliphatic carbocycles. The van der Waals surface area contributed by atoms with Crippen molar-refractivity contribution in [1.82, 2.24) is 5.43 Å². The van der Waals surface area contributed by atoms with Gasteiger partial charge in [0.2, 0.25) is 0 Å². The van der Waals surface area contributed by atoms with E-state index in [1.165, 1.54) is 0 Å². The van der Waals surface area contributed by atoms with E-state index in [9.17, 15) is 8.78 Å². The van der Waals surface area contributed by atoms with Crippen molar-refractivity contribution in [3.05, 3.63) is 0 Å². The minimum Gasteiger partial charge on any atom is -0.271 e. The van der Waals surface area contributed by atoms with Crippen LogP contribution in [0.1, 0.15) is 19.3 Å². The van der Waals surface area contributed by atoms with E-state index in [0.717, 1.165) is 0 Å². The van der Waals surface area contributed by atoms with Gasteiger partial charge in [0, 0.05) is 18.9 Å². The average molecular weight is 150 g/mol. The van der Waals surface area contributed by atoms with E-state index in [0.29, 0.717) is 12.8 Å². The highest BCUT2D eigenvalue weighted by atomic mass is 19.3. The Morgan fingerprint density at radius 1 is 1.60 bits per heavy atom. The van der Waals surface area contributed by atoms with Crippen molar-refractivity contribution < 1.29 is 8.78 Å². The summed E-state index contributed by atoms with van der Waals surface area (Å²) in [5, 5.41) is 0. The summed E-state index contributed by atoms with van der Waals surface area (Å²) in [4.78, 5) is 0. The van der Waals surface area contributed by atoms with Gasteiger partial charge in [0.1, 0.15) is 0 Å². The fourth-order valence-electron chi connectivity index (χ4n) is 1.39. The Morgan fingerprint density at radius 3 is 2.70 bits per heavy atom. The van der Waals surface area contributed by atoms with Gasteiger partial charge in [-0.1, -0.05) is 0 Å². The summed E-state index contributed by atoms with van der Waals surface area (Å²) in [7, 11) is 0. The Morgan fingerprint density at radius 2 is 2.30 bits per heavy atom. The summed E-state index contributed by atoms with van der Waals surface area (Å²) >= 11 is 0. The van der Waals surface area contributed by atoms with E-state index in [1.807, 2.05) is 0 Å². The summed E-state index contributed by atoms with van der Waals surface area (Å²) in [6.45, 7) is 0.229. The van der Waals surface area contributed by atoms with Crippen LogP contribution in [0.3, 0.4) is 0 Å². The minimum absolute atomic E-state index is 0.0271. The summed E-state index contributed by atoms with van der Waals surface area (Å²) in [6.07, 6.45) is 1.25. The number of halogens is 2. The second-order valence-electron chi connectivity index (χ2n) is 2.76. The van der Waals surface area contributed by atoms with Crippen LogP contribution in [0.25, 0.3) is 0 Å². The van der Waals surface area contributed by atoms with Gasteiger partial charge in [-0.25, -0.2) is 8.78 Å². The molecule has 3 N–H and O–H groups in total. The smallest absolute Gasteiger partial charge is 0.252 e. The predicted molar refractivity (Wildman–Crippen MR) is 34.5 cm³/mol. The molecular formula is C6H12F2N2. The van der Waals surface area contributed by atoms with Crippen LogP contribution in [0.2, 0.25) is 0 Å². The molecule has 0 spiro atoms. The molecule has 0 aromatic heterocycles. The van der Waals surface area contributed by atoms with E-state index >= 15 is 0 Å². The molecular weight excluding hydrogens is 138 g/mol. The van der Waals surface area contributed by atoms with Gasteiger partial charge in [0.05, 0.1) is 0 Å². The van der Waals surface area contributed by atoms with Gasteiger partial charge in [-0.15, -0.1) is 0 Å². The van der Waals surface area contributed by atoms with Crippen LogP contribution in [0.15, 0.2) is 0 Å². The van der Waals surface area contributed by atoms with Crippen LogP contribution in [0, 0.1) is 5.92 Å². The molecule has 1 aliphatic rings. The molecule has 0 bridgehead atoms. The Kier molecular flexibility index (Phi) is 2.21. The quantitative estimate of drug-likeness (QED) is 0.453. The molecule has 0 amide bonds. The molecule has 1 saturated carbocycles. The Bertz CT molecular complexity index is 116. The zero-order valence-corrected chi connectivity index (χ0v) is 5.74. The molecule has 0 aliphatic heterocycles. The first-order chi connectivity index (χ1) is 4.67. The molecule has 1 fully saturated rings. The maximum Gasteiger partial charge on any atom is 0.252 e. The number of hydrogen-bond acceptors (Lipinski definition) is 2. The number of nitrogens with one attached hydrogen (secondary N) is 1. The van der Waals surface area contributed by atoms with Gasteiger partial charge in [-0.2, -0.15) is 0 Å². The van der Waals surface area contributed by atoms with Gasteiger partial charge in [-0.05, 0) is 12.8 Å². The second-order valence-corrected chi connectivity index (χ2v) is 2.76. The normalized spacial score (nSPS) is 30.9. The Labute approximate surface area is 58.7 Å². The molecule has 4 heteroatoms. The minimum atomic E-state index is -2.48. The molecule has 0 saturated heterocycles. The standard InChI is InChI=1S/C6H12F2N2/c7-6(8)3-1-2-5(6)4-10-9/h5,10H,1-4,9H2/t5-/m1/s1. The predicted octanol–water partition coefficient (Wildman–Crippen LogP) is 0.885. The molecule has 60 valence electrons. The van der Waals surface area contributed by atoms with Crippen molar-refractivity contribution in [3.63, 3.8) is 0 Å². The topological polar surface area (TPSA) is 38.0 Å². The van der Waals surface area contributed by atoms with Gasteiger partial charge in [0.15, 0.2) is 0 Å². The fourth-order valence-corrected chi connectivity index (χ4v) is 1.39. The van der Waals surface area contributed by atoms with Crippen LogP contribution < -0.4 is 11.3 Å². The van der Waals surface area contributed by atoms with Crippen molar-refractivity contribution >= 4 is 0 Å². The summed E-state index contributed by atoms with van der Waals surface area (Å²) in [5.74, 6) is 1.92. The summed E-state index contributed by atoms with van der Waals surface area (Å²) in [6, 6.07) is 0. The Balaban J connectivity index is 2.43. The van der Waals surface area contributed by atoms with E-state index in [-0.39, 0.29) is 13.0 Å². The summed E-state index contributed by atoms with van der Waals surface area (Å²) in [5.41, 5.74) is 2.29. The van der Waals surface area contributed by atoms with Crippen LogP contribution in [0.5, 0.6) is 0 Å². The molecule has 0 aromatic rings. The lowest BCUT2D eigenvalue weighted by Crippen LogP contribution is -2.35. The number of hydrazine groups is 1. The molecule has 2 nitrogen and oxygen atoms in total. The molecule has 0 unspecified atom stereocenters. The SMILES string of the molecule is NNC[C@H]1CCCC1(F)F. The largest absolute Gasteiger partial charge is 0.271 e. The fraction of sp³-hybridized carbons (Fsp3) is 1.00. The van der Waals surface area contributed by atoms with Crippen molar-refractivity contribution in [2.45, 2.75) is 25.2 Å². The monoisotopic (exact) mass is 150 g/mol. The van der Waals surface area contributed by atoms with E-state index in [4.69, 9.17) is 5.84 Å².